The molecule has 0 saturated carbocycles. The fourth-order valence-corrected chi connectivity index (χ4v) is 2.22. The smallest absolute Gasteiger partial charge is 0.222 e. The van der Waals surface area contributed by atoms with Crippen molar-refractivity contribution in [2.75, 3.05) is 12.3 Å². The molecule has 2 aromatic heterocycles. The molecule has 17 heavy (non-hydrogen) atoms. The van der Waals surface area contributed by atoms with Gasteiger partial charge in [0.25, 0.3) is 0 Å². The van der Waals surface area contributed by atoms with Gasteiger partial charge < -0.3 is 11.1 Å². The summed E-state index contributed by atoms with van der Waals surface area (Å²) >= 11 is 0. The highest BCUT2D eigenvalue weighted by molar-refractivity contribution is 5.80. The van der Waals surface area contributed by atoms with Crippen LogP contribution in [-0.2, 0) is 4.79 Å². The minimum absolute atomic E-state index is 0.0156. The Hall–Kier alpha value is -2.11. The van der Waals surface area contributed by atoms with Crippen LogP contribution in [0.3, 0.4) is 0 Å². The number of hydrogen-bond acceptors (Lipinski definition) is 4. The second kappa shape index (κ2) is 3.44. The van der Waals surface area contributed by atoms with E-state index >= 15 is 0 Å². The average molecular weight is 231 g/mol. The quantitative estimate of drug-likeness (QED) is 0.743. The SMILES string of the molecule is Cc1ccc2nc(N)n(C3CNC(=O)C3)c2n1. The Balaban J connectivity index is 2.17. The molecule has 1 fully saturated rings. The topological polar surface area (TPSA) is 85.8 Å². The van der Waals surface area contributed by atoms with E-state index in [1.54, 1.807) is 0 Å². The molecule has 1 atom stereocenters. The number of aromatic nitrogens is 3. The highest BCUT2D eigenvalue weighted by atomic mass is 16.1. The third-order valence-corrected chi connectivity index (χ3v) is 3.02. The standard InChI is InChI=1S/C11H13N5O/c1-6-2-3-8-10(14-6)16(11(12)15-8)7-4-9(17)13-5-7/h2-3,7H,4-5H2,1H3,(H2,12,15)(H,13,17). The maximum atomic E-state index is 11.3. The van der Waals surface area contributed by atoms with Gasteiger partial charge in [-0.1, -0.05) is 0 Å². The number of pyridine rings is 1. The van der Waals surface area contributed by atoms with Crippen LogP contribution in [0.25, 0.3) is 11.2 Å². The summed E-state index contributed by atoms with van der Waals surface area (Å²) in [5.41, 5.74) is 8.34. The highest BCUT2D eigenvalue weighted by Crippen LogP contribution is 2.25. The van der Waals surface area contributed by atoms with Gasteiger partial charge in [-0.05, 0) is 19.1 Å². The summed E-state index contributed by atoms with van der Waals surface area (Å²) in [7, 11) is 0. The summed E-state index contributed by atoms with van der Waals surface area (Å²) < 4.78 is 1.85. The fourth-order valence-electron chi connectivity index (χ4n) is 2.22. The van der Waals surface area contributed by atoms with Crippen molar-refractivity contribution < 1.29 is 4.79 Å². The zero-order valence-electron chi connectivity index (χ0n) is 9.47. The molecule has 1 saturated heterocycles. The second-order valence-electron chi connectivity index (χ2n) is 4.30. The summed E-state index contributed by atoms with van der Waals surface area (Å²) in [5, 5.41) is 2.79. The number of imidazole rings is 1. The number of aryl methyl sites for hydroxylation is 1. The van der Waals surface area contributed by atoms with Gasteiger partial charge in [-0.3, -0.25) is 9.36 Å². The number of amides is 1. The zero-order valence-corrected chi connectivity index (χ0v) is 9.47. The number of nitrogens with zero attached hydrogens (tertiary/aromatic N) is 3. The molecular weight excluding hydrogens is 218 g/mol. The molecule has 6 heteroatoms. The van der Waals surface area contributed by atoms with Crippen molar-refractivity contribution in [2.24, 2.45) is 0 Å². The van der Waals surface area contributed by atoms with Gasteiger partial charge in [-0.2, -0.15) is 0 Å². The van der Waals surface area contributed by atoms with E-state index in [-0.39, 0.29) is 11.9 Å². The number of hydrogen-bond donors (Lipinski definition) is 2. The lowest BCUT2D eigenvalue weighted by molar-refractivity contribution is -0.119. The first-order valence-electron chi connectivity index (χ1n) is 5.53. The molecule has 0 spiro atoms. The number of fused-ring (bicyclic) bond motifs is 1. The Morgan fingerprint density at radius 1 is 1.47 bits per heavy atom. The van der Waals surface area contributed by atoms with Crippen LogP contribution in [0.5, 0.6) is 0 Å². The molecule has 1 aliphatic rings. The lowest BCUT2D eigenvalue weighted by Gasteiger charge is -2.11. The van der Waals surface area contributed by atoms with E-state index in [9.17, 15) is 4.79 Å². The third-order valence-electron chi connectivity index (χ3n) is 3.02. The van der Waals surface area contributed by atoms with Crippen molar-refractivity contribution in [1.82, 2.24) is 19.9 Å². The summed E-state index contributed by atoms with van der Waals surface area (Å²) in [6.07, 6.45) is 0.436. The van der Waals surface area contributed by atoms with Crippen LogP contribution in [-0.4, -0.2) is 27.0 Å². The molecule has 0 aromatic carbocycles. The van der Waals surface area contributed by atoms with Crippen molar-refractivity contribution in [2.45, 2.75) is 19.4 Å². The van der Waals surface area contributed by atoms with Gasteiger partial charge in [0.15, 0.2) is 5.65 Å². The summed E-state index contributed by atoms with van der Waals surface area (Å²) in [6.45, 7) is 2.51. The Morgan fingerprint density at radius 2 is 2.29 bits per heavy atom. The fraction of sp³-hybridized carbons (Fsp3) is 0.364. The van der Waals surface area contributed by atoms with Crippen LogP contribution in [0.15, 0.2) is 12.1 Å². The molecule has 1 amide bonds. The van der Waals surface area contributed by atoms with Gasteiger partial charge in [-0.25, -0.2) is 9.97 Å². The van der Waals surface area contributed by atoms with Gasteiger partial charge in [0, 0.05) is 18.7 Å². The number of nitrogens with one attached hydrogen (secondary N) is 1. The van der Waals surface area contributed by atoms with Crippen molar-refractivity contribution in [3.05, 3.63) is 17.8 Å². The van der Waals surface area contributed by atoms with Gasteiger partial charge in [-0.15, -0.1) is 0 Å². The molecule has 88 valence electrons. The maximum absolute atomic E-state index is 11.3. The molecule has 2 aromatic rings. The monoisotopic (exact) mass is 231 g/mol. The summed E-state index contributed by atoms with van der Waals surface area (Å²) in [6, 6.07) is 3.81. The maximum Gasteiger partial charge on any atom is 0.222 e. The molecule has 0 aliphatic carbocycles. The predicted octanol–water partition coefficient (Wildman–Crippen LogP) is 0.383. The van der Waals surface area contributed by atoms with Crippen LogP contribution in [0, 0.1) is 6.92 Å². The summed E-state index contributed by atoms with van der Waals surface area (Å²) in [4.78, 5) is 20.0. The normalized spacial score (nSPS) is 19.8. The number of carbonyl (C=O) groups excluding carboxylic acids is 1. The zero-order chi connectivity index (χ0) is 12.0. The number of anilines is 1. The lowest BCUT2D eigenvalue weighted by atomic mass is 10.2. The van der Waals surface area contributed by atoms with E-state index in [1.165, 1.54) is 0 Å². The Morgan fingerprint density at radius 3 is 3.00 bits per heavy atom. The van der Waals surface area contributed by atoms with Crippen LogP contribution in [0.1, 0.15) is 18.2 Å². The van der Waals surface area contributed by atoms with Gasteiger partial charge in [0.05, 0.1) is 6.04 Å². The van der Waals surface area contributed by atoms with Gasteiger partial charge in [0.1, 0.15) is 5.52 Å². The van der Waals surface area contributed by atoms with Crippen LogP contribution < -0.4 is 11.1 Å². The first-order chi connectivity index (χ1) is 8.15. The van der Waals surface area contributed by atoms with Crippen LogP contribution in [0.4, 0.5) is 5.95 Å². The minimum Gasteiger partial charge on any atom is -0.369 e. The van der Waals surface area contributed by atoms with Crippen molar-refractivity contribution >= 4 is 23.0 Å². The van der Waals surface area contributed by atoms with E-state index in [1.807, 2.05) is 23.6 Å². The average Bonchev–Trinajstić information content (AvgIpc) is 2.81. The van der Waals surface area contributed by atoms with E-state index in [0.717, 1.165) is 16.9 Å². The van der Waals surface area contributed by atoms with Crippen LogP contribution >= 0.6 is 0 Å². The number of nitrogens with two attached hydrogens (primary N) is 1. The number of nitrogen functional groups attached to an aromatic ring is 1. The molecular formula is C11H13N5O. The molecule has 0 radical (unpaired) electrons. The van der Waals surface area contributed by atoms with Crippen molar-refractivity contribution in [3.63, 3.8) is 0 Å². The minimum atomic E-state index is 0.0156. The van der Waals surface area contributed by atoms with Crippen LogP contribution in [0.2, 0.25) is 0 Å². The molecule has 6 nitrogen and oxygen atoms in total. The van der Waals surface area contributed by atoms with Crippen molar-refractivity contribution in [1.29, 1.82) is 0 Å². The third kappa shape index (κ3) is 1.52. The molecule has 0 bridgehead atoms. The summed E-state index contributed by atoms with van der Waals surface area (Å²) in [5.74, 6) is 0.462. The van der Waals surface area contributed by atoms with E-state index in [0.29, 0.717) is 18.9 Å². The number of carbonyl (C=O) groups is 1. The first-order valence-corrected chi connectivity index (χ1v) is 5.53. The number of rotatable bonds is 1. The van der Waals surface area contributed by atoms with Gasteiger partial charge >= 0.3 is 0 Å². The second-order valence-corrected chi connectivity index (χ2v) is 4.30. The molecule has 1 unspecified atom stereocenters. The van der Waals surface area contributed by atoms with E-state index in [2.05, 4.69) is 15.3 Å². The Bertz CT molecular complexity index is 603. The highest BCUT2D eigenvalue weighted by Gasteiger charge is 2.26. The Labute approximate surface area is 97.8 Å². The Kier molecular flexibility index (Phi) is 2.04. The largest absolute Gasteiger partial charge is 0.369 e. The predicted molar refractivity (Wildman–Crippen MR) is 63.3 cm³/mol. The first kappa shape index (κ1) is 10.1. The lowest BCUT2D eigenvalue weighted by Crippen LogP contribution is -2.16. The molecule has 3 N–H and O–H groups in total. The van der Waals surface area contributed by atoms with Crippen molar-refractivity contribution in [3.8, 4) is 0 Å². The van der Waals surface area contributed by atoms with E-state index in [4.69, 9.17) is 5.73 Å². The molecule has 3 rings (SSSR count). The molecule has 1 aliphatic heterocycles. The van der Waals surface area contributed by atoms with Gasteiger partial charge in [0.2, 0.25) is 11.9 Å². The molecule has 3 heterocycles. The van der Waals surface area contributed by atoms with E-state index < -0.39 is 0 Å².